The fourth-order valence-corrected chi connectivity index (χ4v) is 1.96. The summed E-state index contributed by atoms with van der Waals surface area (Å²) in [5.74, 6) is 0. The highest BCUT2D eigenvalue weighted by molar-refractivity contribution is 6.30. The van der Waals surface area contributed by atoms with Crippen molar-refractivity contribution in [2.45, 2.75) is 20.0 Å². The zero-order chi connectivity index (χ0) is 12.1. The van der Waals surface area contributed by atoms with Gasteiger partial charge in [-0.2, -0.15) is 0 Å². The fraction of sp³-hybridized carbons (Fsp3) is 0.200. The van der Waals surface area contributed by atoms with Crippen LogP contribution < -0.4 is 5.32 Å². The first-order valence-electron chi connectivity index (χ1n) is 5.75. The minimum atomic E-state index is 0.798. The van der Waals surface area contributed by atoms with Crippen LogP contribution in [-0.2, 0) is 13.1 Å². The van der Waals surface area contributed by atoms with Gasteiger partial charge in [0.25, 0.3) is 0 Å². The molecule has 2 aromatic rings. The summed E-state index contributed by atoms with van der Waals surface area (Å²) < 4.78 is 0. The smallest absolute Gasteiger partial charge is 0.0409 e. The van der Waals surface area contributed by atoms with Crippen molar-refractivity contribution in [1.82, 2.24) is 5.32 Å². The highest BCUT2D eigenvalue weighted by Crippen LogP contribution is 2.15. The molecular weight excluding hydrogens is 230 g/mol. The highest BCUT2D eigenvalue weighted by Gasteiger charge is 1.99. The first-order valence-corrected chi connectivity index (χ1v) is 6.13. The van der Waals surface area contributed by atoms with Gasteiger partial charge in [0.15, 0.2) is 0 Å². The maximum Gasteiger partial charge on any atom is 0.0409 e. The zero-order valence-electron chi connectivity index (χ0n) is 9.91. The normalized spacial score (nSPS) is 10.5. The molecule has 2 rings (SSSR count). The van der Waals surface area contributed by atoms with Crippen molar-refractivity contribution >= 4 is 11.6 Å². The molecule has 0 saturated carbocycles. The molecule has 0 fully saturated rings. The maximum atomic E-state index is 5.98. The maximum absolute atomic E-state index is 5.98. The zero-order valence-corrected chi connectivity index (χ0v) is 10.7. The molecule has 1 nitrogen and oxygen atoms in total. The molecule has 0 heterocycles. The summed E-state index contributed by atoms with van der Waals surface area (Å²) in [4.78, 5) is 0. The van der Waals surface area contributed by atoms with E-state index in [1.165, 1.54) is 16.7 Å². The molecule has 0 aliphatic heterocycles. The Labute approximate surface area is 107 Å². The number of hydrogen-bond donors (Lipinski definition) is 1. The molecule has 0 aromatic heterocycles. The third-order valence-corrected chi connectivity index (χ3v) is 3.03. The van der Waals surface area contributed by atoms with Crippen molar-refractivity contribution in [2.24, 2.45) is 0 Å². The van der Waals surface area contributed by atoms with E-state index >= 15 is 0 Å². The minimum Gasteiger partial charge on any atom is -0.309 e. The molecule has 17 heavy (non-hydrogen) atoms. The lowest BCUT2D eigenvalue weighted by atomic mass is 10.1. The molecule has 0 aliphatic carbocycles. The Balaban J connectivity index is 1.92. The molecule has 2 aromatic carbocycles. The summed E-state index contributed by atoms with van der Waals surface area (Å²) in [6.45, 7) is 3.84. The molecule has 0 radical (unpaired) electrons. The summed E-state index contributed by atoms with van der Waals surface area (Å²) in [7, 11) is 0. The van der Waals surface area contributed by atoms with E-state index < -0.39 is 0 Å². The summed E-state index contributed by atoms with van der Waals surface area (Å²) in [6, 6.07) is 16.4. The van der Waals surface area contributed by atoms with Gasteiger partial charge in [-0.25, -0.2) is 0 Å². The van der Waals surface area contributed by atoms with E-state index in [0.29, 0.717) is 0 Å². The van der Waals surface area contributed by atoms with Crippen LogP contribution in [0.2, 0.25) is 5.02 Å². The quantitative estimate of drug-likeness (QED) is 0.861. The van der Waals surface area contributed by atoms with Crippen LogP contribution in [-0.4, -0.2) is 0 Å². The first-order chi connectivity index (χ1) is 8.25. The topological polar surface area (TPSA) is 12.0 Å². The Morgan fingerprint density at radius 1 is 1.00 bits per heavy atom. The third-order valence-electron chi connectivity index (χ3n) is 2.80. The van der Waals surface area contributed by atoms with Crippen molar-refractivity contribution in [1.29, 1.82) is 0 Å². The Kier molecular flexibility index (Phi) is 4.18. The number of aryl methyl sites for hydroxylation is 1. The summed E-state index contributed by atoms with van der Waals surface area (Å²) in [5, 5.41) is 4.23. The molecule has 0 aliphatic rings. The largest absolute Gasteiger partial charge is 0.309 e. The molecule has 2 heteroatoms. The molecule has 0 atom stereocenters. The van der Waals surface area contributed by atoms with Gasteiger partial charge in [0, 0.05) is 18.1 Å². The summed E-state index contributed by atoms with van der Waals surface area (Å²) in [6.07, 6.45) is 0. The van der Waals surface area contributed by atoms with Crippen molar-refractivity contribution in [3.8, 4) is 0 Å². The lowest BCUT2D eigenvalue weighted by Crippen LogP contribution is -2.13. The Hall–Kier alpha value is -1.31. The van der Waals surface area contributed by atoms with E-state index in [-0.39, 0.29) is 0 Å². The van der Waals surface area contributed by atoms with Crippen LogP contribution in [0, 0.1) is 6.92 Å². The van der Waals surface area contributed by atoms with Gasteiger partial charge in [-0.15, -0.1) is 0 Å². The van der Waals surface area contributed by atoms with Crippen molar-refractivity contribution in [3.63, 3.8) is 0 Å². The predicted molar refractivity (Wildman–Crippen MR) is 73.2 cm³/mol. The molecule has 0 spiro atoms. The van der Waals surface area contributed by atoms with Crippen molar-refractivity contribution in [2.75, 3.05) is 0 Å². The van der Waals surface area contributed by atoms with E-state index in [1.807, 2.05) is 18.2 Å². The van der Waals surface area contributed by atoms with Crippen LogP contribution in [0.5, 0.6) is 0 Å². The van der Waals surface area contributed by atoms with Gasteiger partial charge in [-0.1, -0.05) is 48.0 Å². The second-order valence-corrected chi connectivity index (χ2v) is 4.60. The van der Waals surface area contributed by atoms with E-state index in [0.717, 1.165) is 18.1 Å². The van der Waals surface area contributed by atoms with Gasteiger partial charge in [0.05, 0.1) is 0 Å². The fourth-order valence-electron chi connectivity index (χ4n) is 1.77. The van der Waals surface area contributed by atoms with Gasteiger partial charge in [-0.3, -0.25) is 0 Å². The van der Waals surface area contributed by atoms with Crippen LogP contribution >= 0.6 is 11.6 Å². The van der Waals surface area contributed by atoms with Gasteiger partial charge in [0.1, 0.15) is 0 Å². The predicted octanol–water partition coefficient (Wildman–Crippen LogP) is 3.94. The molecule has 0 saturated heterocycles. The number of hydrogen-bond acceptors (Lipinski definition) is 1. The van der Waals surface area contributed by atoms with Crippen LogP contribution in [0.3, 0.4) is 0 Å². The van der Waals surface area contributed by atoms with E-state index in [9.17, 15) is 0 Å². The van der Waals surface area contributed by atoms with Crippen molar-refractivity contribution in [3.05, 3.63) is 70.2 Å². The second kappa shape index (κ2) is 5.85. The lowest BCUT2D eigenvalue weighted by molar-refractivity contribution is 0.691. The number of nitrogens with one attached hydrogen (secondary N) is 1. The Morgan fingerprint density at radius 2 is 1.76 bits per heavy atom. The van der Waals surface area contributed by atoms with Crippen LogP contribution in [0.15, 0.2) is 48.5 Å². The Morgan fingerprint density at radius 3 is 2.53 bits per heavy atom. The van der Waals surface area contributed by atoms with Crippen molar-refractivity contribution < 1.29 is 0 Å². The van der Waals surface area contributed by atoms with Gasteiger partial charge in [0.2, 0.25) is 0 Å². The van der Waals surface area contributed by atoms with Crippen LogP contribution in [0.1, 0.15) is 16.7 Å². The molecule has 0 amide bonds. The SMILES string of the molecule is Cc1ccc(Cl)cc1CNCc1ccccc1. The number of halogens is 1. The number of rotatable bonds is 4. The Bertz CT molecular complexity index is 480. The van der Waals surface area contributed by atoms with Gasteiger partial charge < -0.3 is 5.32 Å². The van der Waals surface area contributed by atoms with E-state index in [2.05, 4.69) is 42.6 Å². The third kappa shape index (κ3) is 3.58. The molecule has 0 bridgehead atoms. The van der Waals surface area contributed by atoms with E-state index in [4.69, 9.17) is 11.6 Å². The summed E-state index contributed by atoms with van der Waals surface area (Å²) >= 11 is 5.98. The van der Waals surface area contributed by atoms with E-state index in [1.54, 1.807) is 0 Å². The molecular formula is C15H16ClN. The van der Waals surface area contributed by atoms with Gasteiger partial charge in [-0.05, 0) is 35.7 Å². The molecule has 88 valence electrons. The highest BCUT2D eigenvalue weighted by atomic mass is 35.5. The molecule has 1 N–H and O–H groups in total. The van der Waals surface area contributed by atoms with Gasteiger partial charge >= 0.3 is 0 Å². The average molecular weight is 246 g/mol. The monoisotopic (exact) mass is 245 g/mol. The number of benzene rings is 2. The standard InChI is InChI=1S/C15H16ClN/c1-12-7-8-15(16)9-14(12)11-17-10-13-5-3-2-4-6-13/h2-9,17H,10-11H2,1H3. The second-order valence-electron chi connectivity index (χ2n) is 4.16. The van der Waals surface area contributed by atoms with Crippen LogP contribution in [0.25, 0.3) is 0 Å². The lowest BCUT2D eigenvalue weighted by Gasteiger charge is -2.08. The molecule has 0 unspecified atom stereocenters. The first kappa shape index (κ1) is 12.2. The van der Waals surface area contributed by atoms with Crippen LogP contribution in [0.4, 0.5) is 0 Å². The minimum absolute atomic E-state index is 0.798. The average Bonchev–Trinajstić information content (AvgIpc) is 2.35. The summed E-state index contributed by atoms with van der Waals surface area (Å²) in [5.41, 5.74) is 3.83.